The van der Waals surface area contributed by atoms with Crippen LogP contribution < -0.4 is 4.90 Å². The van der Waals surface area contributed by atoms with Crippen molar-refractivity contribution in [3.8, 4) is 28.5 Å². The number of hydrogen-bond donors (Lipinski definition) is 1. The van der Waals surface area contributed by atoms with Gasteiger partial charge in [-0.15, -0.1) is 0 Å². The maximum absolute atomic E-state index is 13.7. The summed E-state index contributed by atoms with van der Waals surface area (Å²) in [5.74, 6) is 0.509. The highest BCUT2D eigenvalue weighted by molar-refractivity contribution is 6.00. The van der Waals surface area contributed by atoms with Crippen LogP contribution in [-0.4, -0.2) is 53.7 Å². The van der Waals surface area contributed by atoms with Gasteiger partial charge >= 0.3 is 0 Å². The first-order valence-corrected chi connectivity index (χ1v) is 11.3. The van der Waals surface area contributed by atoms with Crippen LogP contribution in [0.25, 0.3) is 38.9 Å². The Morgan fingerprint density at radius 2 is 1.97 bits per heavy atom. The molecule has 1 aromatic carbocycles. The van der Waals surface area contributed by atoms with Gasteiger partial charge in [0, 0.05) is 49.0 Å². The van der Waals surface area contributed by atoms with Crippen LogP contribution in [0.4, 0.5) is 14.6 Å². The van der Waals surface area contributed by atoms with Gasteiger partial charge < -0.3 is 10.0 Å². The number of fused-ring (bicyclic) bond motifs is 2. The van der Waals surface area contributed by atoms with Crippen LogP contribution in [-0.2, 0) is 7.05 Å². The second-order valence-electron chi connectivity index (χ2n) is 8.79. The lowest BCUT2D eigenvalue weighted by molar-refractivity contribution is 0.140. The first-order valence-electron chi connectivity index (χ1n) is 11.3. The third-order valence-electron chi connectivity index (χ3n) is 6.56. The van der Waals surface area contributed by atoms with Crippen LogP contribution in [0.5, 0.6) is 0 Å². The number of hydrogen-bond acceptors (Lipinski definition) is 7. The fourth-order valence-corrected chi connectivity index (χ4v) is 4.84. The number of aliphatic hydroxyl groups is 1. The standard InChI is InChI=1S/C25H20F2N8O/c1-13-21(17-5-7-29-19-9-14(3-4-16(17)19)20-6-8-30-33(20)2)25(34-11-15(36)12-34)35-24(31-13)18(10-28)22(32-35)23(26)27/h3-9,15,23,36H,11-12H2,1-2H3. The first kappa shape index (κ1) is 22.1. The Kier molecular flexibility index (Phi) is 4.94. The molecule has 1 N–H and O–H groups in total. The zero-order valence-electron chi connectivity index (χ0n) is 19.4. The predicted molar refractivity (Wildman–Crippen MR) is 129 cm³/mol. The van der Waals surface area contributed by atoms with Crippen molar-refractivity contribution in [2.75, 3.05) is 18.0 Å². The molecule has 0 radical (unpaired) electrons. The van der Waals surface area contributed by atoms with E-state index in [2.05, 4.69) is 20.2 Å². The molecule has 1 aliphatic heterocycles. The smallest absolute Gasteiger partial charge is 0.283 e. The van der Waals surface area contributed by atoms with E-state index in [0.29, 0.717) is 30.2 Å². The van der Waals surface area contributed by atoms with Crippen molar-refractivity contribution in [2.24, 2.45) is 7.05 Å². The number of aryl methyl sites for hydroxylation is 2. The number of aliphatic hydroxyl groups excluding tert-OH is 1. The zero-order valence-corrected chi connectivity index (χ0v) is 19.4. The summed E-state index contributed by atoms with van der Waals surface area (Å²) in [6.07, 6.45) is -0.0452. The summed E-state index contributed by atoms with van der Waals surface area (Å²) in [4.78, 5) is 11.0. The molecule has 1 fully saturated rings. The minimum atomic E-state index is -2.92. The van der Waals surface area contributed by atoms with Crippen molar-refractivity contribution in [3.05, 3.63) is 59.7 Å². The summed E-state index contributed by atoms with van der Waals surface area (Å²) < 4.78 is 30.6. The summed E-state index contributed by atoms with van der Waals surface area (Å²) in [5, 5.41) is 28.8. The summed E-state index contributed by atoms with van der Waals surface area (Å²) in [5.41, 5.74) is 3.89. The lowest BCUT2D eigenvalue weighted by Gasteiger charge is -2.39. The quantitative estimate of drug-likeness (QED) is 0.413. The lowest BCUT2D eigenvalue weighted by atomic mass is 9.97. The SMILES string of the molecule is Cc1nc2c(C#N)c(C(F)F)nn2c(N2CC(O)C2)c1-c1ccnc2cc(-c3ccnn3C)ccc12. The van der Waals surface area contributed by atoms with Gasteiger partial charge in [0.25, 0.3) is 6.43 Å². The van der Waals surface area contributed by atoms with E-state index in [1.807, 2.05) is 48.3 Å². The second-order valence-corrected chi connectivity index (χ2v) is 8.79. The fourth-order valence-electron chi connectivity index (χ4n) is 4.84. The van der Waals surface area contributed by atoms with Crippen LogP contribution in [0.1, 0.15) is 23.4 Å². The molecule has 0 saturated carbocycles. The number of nitrogens with zero attached hydrogens (tertiary/aromatic N) is 8. The van der Waals surface area contributed by atoms with Gasteiger partial charge in [-0.3, -0.25) is 9.67 Å². The van der Waals surface area contributed by atoms with Crippen LogP contribution in [0.15, 0.2) is 42.7 Å². The van der Waals surface area contributed by atoms with Crippen molar-refractivity contribution < 1.29 is 13.9 Å². The number of benzene rings is 1. The van der Waals surface area contributed by atoms with Crippen molar-refractivity contribution in [3.63, 3.8) is 0 Å². The van der Waals surface area contributed by atoms with Crippen LogP contribution >= 0.6 is 0 Å². The monoisotopic (exact) mass is 486 g/mol. The third kappa shape index (κ3) is 3.22. The number of rotatable bonds is 4. The maximum atomic E-state index is 13.7. The first-order chi connectivity index (χ1) is 17.4. The van der Waals surface area contributed by atoms with E-state index < -0.39 is 18.2 Å². The summed E-state index contributed by atoms with van der Waals surface area (Å²) in [6.45, 7) is 2.40. The Bertz CT molecular complexity index is 1690. The van der Waals surface area contributed by atoms with Gasteiger partial charge in [0.1, 0.15) is 23.1 Å². The highest BCUT2D eigenvalue weighted by atomic mass is 19.3. The summed E-state index contributed by atoms with van der Waals surface area (Å²) in [6, 6.07) is 11.5. The van der Waals surface area contributed by atoms with E-state index in [1.54, 1.807) is 24.0 Å². The molecular formula is C25H20F2N8O. The van der Waals surface area contributed by atoms with Crippen LogP contribution in [0, 0.1) is 18.3 Å². The molecule has 180 valence electrons. The number of nitriles is 1. The van der Waals surface area contributed by atoms with E-state index in [0.717, 1.165) is 27.7 Å². The average molecular weight is 486 g/mol. The number of anilines is 1. The molecule has 0 amide bonds. The van der Waals surface area contributed by atoms with Crippen molar-refractivity contribution in [1.29, 1.82) is 5.26 Å². The van der Waals surface area contributed by atoms with Gasteiger partial charge in [0.15, 0.2) is 5.65 Å². The molecule has 1 saturated heterocycles. The summed E-state index contributed by atoms with van der Waals surface area (Å²) in [7, 11) is 1.87. The molecule has 0 atom stereocenters. The van der Waals surface area contributed by atoms with Crippen LogP contribution in [0.2, 0.25) is 0 Å². The topological polar surface area (TPSA) is 108 Å². The van der Waals surface area contributed by atoms with E-state index in [9.17, 15) is 19.1 Å². The van der Waals surface area contributed by atoms with E-state index >= 15 is 0 Å². The Hall–Kier alpha value is -4.43. The molecule has 9 nitrogen and oxygen atoms in total. The van der Waals surface area contributed by atoms with Crippen molar-refractivity contribution in [1.82, 2.24) is 29.4 Å². The van der Waals surface area contributed by atoms with E-state index in [1.165, 1.54) is 4.52 Å². The van der Waals surface area contributed by atoms with Gasteiger partial charge in [0.2, 0.25) is 0 Å². The van der Waals surface area contributed by atoms with Crippen molar-refractivity contribution in [2.45, 2.75) is 19.5 Å². The number of alkyl halides is 2. The molecular weight excluding hydrogens is 466 g/mol. The molecule has 0 unspecified atom stereocenters. The zero-order chi connectivity index (χ0) is 25.1. The van der Waals surface area contributed by atoms with Crippen molar-refractivity contribution >= 4 is 22.4 Å². The third-order valence-corrected chi connectivity index (χ3v) is 6.56. The molecule has 4 aromatic heterocycles. The van der Waals surface area contributed by atoms with Gasteiger partial charge in [-0.05, 0) is 30.7 Å². The molecule has 5 heterocycles. The fraction of sp³-hybridized carbons (Fsp3) is 0.240. The van der Waals surface area contributed by atoms with Crippen LogP contribution in [0.3, 0.4) is 0 Å². The Labute approximate surface area is 203 Å². The molecule has 0 spiro atoms. The molecule has 1 aliphatic rings. The molecule has 6 rings (SSSR count). The normalized spacial score (nSPS) is 14.1. The number of β-amino-alcohol motifs (C(OH)–C–C–N with tert-alkyl or cyclic N) is 1. The second kappa shape index (κ2) is 8.07. The molecule has 36 heavy (non-hydrogen) atoms. The number of pyridine rings is 1. The molecule has 0 aliphatic carbocycles. The molecule has 0 bridgehead atoms. The minimum absolute atomic E-state index is 0.0716. The predicted octanol–water partition coefficient (Wildman–Crippen LogP) is 3.64. The Morgan fingerprint density at radius 1 is 1.17 bits per heavy atom. The number of aromatic nitrogens is 6. The maximum Gasteiger partial charge on any atom is 0.283 e. The largest absolute Gasteiger partial charge is 0.389 e. The molecule has 11 heteroatoms. The highest BCUT2D eigenvalue weighted by Crippen LogP contribution is 2.40. The lowest BCUT2D eigenvalue weighted by Crippen LogP contribution is -2.51. The Morgan fingerprint density at radius 3 is 2.64 bits per heavy atom. The molecule has 5 aromatic rings. The van der Waals surface area contributed by atoms with E-state index in [4.69, 9.17) is 0 Å². The average Bonchev–Trinajstić information content (AvgIpc) is 3.44. The number of halogens is 2. The van der Waals surface area contributed by atoms with E-state index in [-0.39, 0.29) is 11.2 Å². The highest BCUT2D eigenvalue weighted by Gasteiger charge is 2.33. The van der Waals surface area contributed by atoms with Gasteiger partial charge in [-0.25, -0.2) is 13.8 Å². The minimum Gasteiger partial charge on any atom is -0.389 e. The Balaban J connectivity index is 1.63. The van der Waals surface area contributed by atoms with Gasteiger partial charge in [-0.2, -0.15) is 20.0 Å². The van der Waals surface area contributed by atoms with Gasteiger partial charge in [0.05, 0.1) is 23.0 Å². The summed E-state index contributed by atoms with van der Waals surface area (Å²) >= 11 is 0. The van der Waals surface area contributed by atoms with Gasteiger partial charge in [-0.1, -0.05) is 12.1 Å².